The van der Waals surface area contributed by atoms with Crippen LogP contribution < -0.4 is 9.47 Å². The zero-order valence-corrected chi connectivity index (χ0v) is 21.2. The van der Waals surface area contributed by atoms with Gasteiger partial charge in [-0.1, -0.05) is 54.1 Å². The number of aryl methyl sites for hydroxylation is 1. The Labute approximate surface area is 214 Å². The molecule has 4 nitrogen and oxygen atoms in total. The van der Waals surface area contributed by atoms with Crippen molar-refractivity contribution in [2.24, 2.45) is 0 Å². The number of nitrogens with zero attached hydrogens (tertiary/aromatic N) is 1. The molecule has 0 N–H and O–H groups in total. The van der Waals surface area contributed by atoms with Gasteiger partial charge in [0.05, 0.1) is 11.0 Å². The Morgan fingerprint density at radius 3 is 2.34 bits per heavy atom. The molecule has 0 amide bonds. The number of hydrogen-bond donors (Lipinski definition) is 0. The van der Waals surface area contributed by atoms with Gasteiger partial charge < -0.3 is 14.0 Å². The number of carbonyl (C=O) groups excluding carboxylic acids is 1. The molecule has 1 unspecified atom stereocenters. The molecule has 2 heterocycles. The third kappa shape index (κ3) is 4.97. The number of ether oxygens (including phenoxy) is 2. The van der Waals surface area contributed by atoms with E-state index in [4.69, 9.17) is 21.1 Å². The summed E-state index contributed by atoms with van der Waals surface area (Å²) in [5.74, 6) is 1.97. The average Bonchev–Trinajstić information content (AvgIpc) is 3.19. The molecule has 1 atom stereocenters. The molecule has 0 spiro atoms. The van der Waals surface area contributed by atoms with E-state index in [1.165, 1.54) is 0 Å². The number of rotatable bonds is 7. The SMILES string of the molecule is Cc1cc(C(=O)CSC(c2ccccc2)c2ccc(Cl)cc2)c(C)n1-c1ccc2c(c1)OCCO2. The van der Waals surface area contributed by atoms with Crippen LogP contribution in [0.25, 0.3) is 5.69 Å². The lowest BCUT2D eigenvalue weighted by molar-refractivity contribution is 0.102. The van der Waals surface area contributed by atoms with E-state index in [1.807, 2.05) is 80.6 Å². The van der Waals surface area contributed by atoms with Crippen LogP contribution in [0.2, 0.25) is 5.02 Å². The van der Waals surface area contributed by atoms with Gasteiger partial charge in [-0.25, -0.2) is 0 Å². The van der Waals surface area contributed by atoms with Crippen LogP contribution in [-0.4, -0.2) is 29.3 Å². The van der Waals surface area contributed by atoms with Crippen molar-refractivity contribution < 1.29 is 14.3 Å². The average molecular weight is 504 g/mol. The molecular weight excluding hydrogens is 478 g/mol. The second kappa shape index (κ2) is 10.2. The summed E-state index contributed by atoms with van der Waals surface area (Å²) in [5.41, 5.74) is 5.92. The van der Waals surface area contributed by atoms with Gasteiger partial charge in [-0.3, -0.25) is 4.79 Å². The monoisotopic (exact) mass is 503 g/mol. The number of ketones is 1. The molecule has 4 aromatic rings. The second-order valence-corrected chi connectivity index (χ2v) is 10.1. The first-order valence-corrected chi connectivity index (χ1v) is 13.0. The first-order chi connectivity index (χ1) is 17.0. The smallest absolute Gasteiger partial charge is 0.174 e. The third-order valence-electron chi connectivity index (χ3n) is 6.17. The van der Waals surface area contributed by atoms with Gasteiger partial charge >= 0.3 is 0 Å². The second-order valence-electron chi connectivity index (χ2n) is 8.52. The minimum Gasteiger partial charge on any atom is -0.486 e. The highest BCUT2D eigenvalue weighted by Gasteiger charge is 2.22. The Hall–Kier alpha value is -3.15. The van der Waals surface area contributed by atoms with Crippen molar-refractivity contribution in [3.63, 3.8) is 0 Å². The minimum absolute atomic E-state index is 0.0405. The van der Waals surface area contributed by atoms with Gasteiger partial charge in [-0.2, -0.15) is 0 Å². The van der Waals surface area contributed by atoms with Gasteiger partial charge in [0.25, 0.3) is 0 Å². The normalized spacial score (nSPS) is 13.5. The molecule has 0 fully saturated rings. The van der Waals surface area contributed by atoms with Crippen LogP contribution in [-0.2, 0) is 0 Å². The van der Waals surface area contributed by atoms with E-state index in [9.17, 15) is 4.79 Å². The molecule has 0 radical (unpaired) electrons. The van der Waals surface area contributed by atoms with Crippen molar-refractivity contribution in [1.29, 1.82) is 0 Å². The maximum atomic E-state index is 13.4. The molecule has 1 aliphatic heterocycles. The fourth-order valence-electron chi connectivity index (χ4n) is 4.50. The minimum atomic E-state index is 0.0405. The Balaban J connectivity index is 1.39. The molecule has 5 rings (SSSR count). The highest BCUT2D eigenvalue weighted by molar-refractivity contribution is 8.00. The lowest BCUT2D eigenvalue weighted by Gasteiger charge is -2.20. The van der Waals surface area contributed by atoms with E-state index in [2.05, 4.69) is 16.7 Å². The van der Waals surface area contributed by atoms with E-state index in [1.54, 1.807) is 11.8 Å². The topological polar surface area (TPSA) is 40.5 Å². The summed E-state index contributed by atoms with van der Waals surface area (Å²) < 4.78 is 13.5. The Bertz CT molecular complexity index is 1350. The van der Waals surface area contributed by atoms with Crippen LogP contribution in [0.1, 0.15) is 38.1 Å². The van der Waals surface area contributed by atoms with E-state index in [-0.39, 0.29) is 11.0 Å². The van der Waals surface area contributed by atoms with E-state index < -0.39 is 0 Å². The molecule has 6 heteroatoms. The van der Waals surface area contributed by atoms with E-state index in [0.29, 0.717) is 24.0 Å². The number of hydrogen-bond acceptors (Lipinski definition) is 4. The van der Waals surface area contributed by atoms with Crippen LogP contribution >= 0.6 is 23.4 Å². The summed E-state index contributed by atoms with van der Waals surface area (Å²) in [5, 5.41) is 0.743. The highest BCUT2D eigenvalue weighted by atomic mass is 35.5. The summed E-state index contributed by atoms with van der Waals surface area (Å²) in [7, 11) is 0. The Morgan fingerprint density at radius 2 is 1.60 bits per heavy atom. The first-order valence-electron chi connectivity index (χ1n) is 11.6. The van der Waals surface area contributed by atoms with Gasteiger partial charge in [-0.05, 0) is 55.3 Å². The van der Waals surface area contributed by atoms with Crippen molar-refractivity contribution in [2.45, 2.75) is 19.1 Å². The van der Waals surface area contributed by atoms with Crippen molar-refractivity contribution in [3.8, 4) is 17.2 Å². The maximum Gasteiger partial charge on any atom is 0.174 e. The van der Waals surface area contributed by atoms with Gasteiger partial charge in [0.15, 0.2) is 17.3 Å². The largest absolute Gasteiger partial charge is 0.486 e. The number of aromatic nitrogens is 1. The van der Waals surface area contributed by atoms with Gasteiger partial charge in [0.2, 0.25) is 0 Å². The van der Waals surface area contributed by atoms with Crippen LogP contribution in [0.3, 0.4) is 0 Å². The number of benzene rings is 3. The number of fused-ring (bicyclic) bond motifs is 1. The lowest BCUT2D eigenvalue weighted by atomic mass is 10.0. The molecule has 178 valence electrons. The van der Waals surface area contributed by atoms with Crippen molar-refractivity contribution in [2.75, 3.05) is 19.0 Å². The summed E-state index contributed by atoms with van der Waals surface area (Å²) >= 11 is 7.75. The zero-order valence-electron chi connectivity index (χ0n) is 19.7. The molecule has 1 aromatic heterocycles. The maximum absolute atomic E-state index is 13.4. The fraction of sp³-hybridized carbons (Fsp3) is 0.207. The molecule has 0 aliphatic carbocycles. The first kappa shape index (κ1) is 23.6. The Kier molecular flexibility index (Phi) is 6.89. The predicted octanol–water partition coefficient (Wildman–Crippen LogP) is 7.22. The number of halogens is 1. The molecule has 0 bridgehead atoms. The van der Waals surface area contributed by atoms with Crippen LogP contribution in [0.15, 0.2) is 78.9 Å². The molecule has 1 aliphatic rings. The zero-order chi connectivity index (χ0) is 24.4. The fourth-order valence-corrected chi connectivity index (χ4v) is 5.80. The van der Waals surface area contributed by atoms with E-state index >= 15 is 0 Å². The van der Waals surface area contributed by atoms with Crippen molar-refractivity contribution in [1.82, 2.24) is 4.57 Å². The van der Waals surface area contributed by atoms with Crippen LogP contribution in [0.4, 0.5) is 0 Å². The van der Waals surface area contributed by atoms with E-state index in [0.717, 1.165) is 45.3 Å². The summed E-state index contributed by atoms with van der Waals surface area (Å²) in [6.45, 7) is 5.12. The quantitative estimate of drug-likeness (QED) is 0.249. The van der Waals surface area contributed by atoms with Crippen LogP contribution in [0, 0.1) is 13.8 Å². The van der Waals surface area contributed by atoms with Gasteiger partial charge in [-0.15, -0.1) is 11.8 Å². The van der Waals surface area contributed by atoms with Crippen LogP contribution in [0.5, 0.6) is 11.5 Å². The number of thioether (sulfide) groups is 1. The third-order valence-corrected chi connectivity index (χ3v) is 7.73. The highest BCUT2D eigenvalue weighted by Crippen LogP contribution is 2.37. The Morgan fingerprint density at radius 1 is 0.914 bits per heavy atom. The van der Waals surface area contributed by atoms with Gasteiger partial charge in [0, 0.05) is 33.7 Å². The number of carbonyl (C=O) groups is 1. The lowest BCUT2D eigenvalue weighted by Crippen LogP contribution is -2.15. The standard InChI is InChI=1S/C29H26ClNO3S/c1-19-16-25(20(2)31(19)24-12-13-27-28(17-24)34-15-14-33-27)26(32)18-35-29(21-6-4-3-5-7-21)22-8-10-23(30)11-9-22/h3-13,16-17,29H,14-15,18H2,1-2H3. The summed E-state index contributed by atoms with van der Waals surface area (Å²) in [6.07, 6.45) is 0. The summed E-state index contributed by atoms with van der Waals surface area (Å²) in [4.78, 5) is 13.4. The summed E-state index contributed by atoms with van der Waals surface area (Å²) in [6, 6.07) is 26.0. The number of Topliss-reactive ketones (excluding diaryl/α,β-unsaturated/α-hetero) is 1. The molecule has 35 heavy (non-hydrogen) atoms. The van der Waals surface area contributed by atoms with Crippen molar-refractivity contribution >= 4 is 29.1 Å². The molecule has 0 saturated carbocycles. The van der Waals surface area contributed by atoms with Gasteiger partial charge in [0.1, 0.15) is 13.2 Å². The van der Waals surface area contributed by atoms with Crippen molar-refractivity contribution in [3.05, 3.63) is 112 Å². The molecular formula is C29H26ClNO3S. The predicted molar refractivity (Wildman–Crippen MR) is 143 cm³/mol. The molecule has 3 aromatic carbocycles. The molecule has 0 saturated heterocycles.